The molecule has 0 fully saturated rings. The van der Waals surface area contributed by atoms with Crippen molar-refractivity contribution < 1.29 is 31.1 Å². The quantitative estimate of drug-likeness (QED) is 0.596. The molecule has 0 aliphatic carbocycles. The van der Waals surface area contributed by atoms with E-state index in [1.165, 1.54) is 5.92 Å². The van der Waals surface area contributed by atoms with Gasteiger partial charge in [0.1, 0.15) is 0 Å². The molecule has 0 spiro atoms. The molecule has 0 bridgehead atoms. The minimum atomic E-state index is 0. The van der Waals surface area contributed by atoms with Gasteiger partial charge in [0.15, 0.2) is 0 Å². The molecule has 0 radical (unpaired) electrons. The molecule has 0 saturated carbocycles. The Kier molecular flexibility index (Phi) is 9.51. The molecule has 0 saturated heterocycles. The molecule has 0 aromatic carbocycles. The van der Waals surface area contributed by atoms with Gasteiger partial charge in [0.2, 0.25) is 0 Å². The zero-order valence-electron chi connectivity index (χ0n) is 4.00. The Morgan fingerprint density at radius 2 is 1.00 bits per heavy atom. The van der Waals surface area contributed by atoms with Crippen LogP contribution in [0.25, 0.3) is 0 Å². The second-order valence-corrected chi connectivity index (χ2v) is 1.50. The molecular weight excluding hydrogens is 286 g/mol. The molecule has 0 heterocycles. The van der Waals surface area contributed by atoms with Gasteiger partial charge >= 0.3 is 31.1 Å². The van der Waals surface area contributed by atoms with E-state index in [0.717, 1.165) is 0 Å². The van der Waals surface area contributed by atoms with E-state index in [9.17, 15) is 0 Å². The van der Waals surface area contributed by atoms with Gasteiger partial charge in [-0.1, -0.05) is 0 Å². The first-order valence-electron chi connectivity index (χ1n) is 1.50. The Balaban J connectivity index is 0. The Labute approximate surface area is 57.7 Å². The second-order valence-electron chi connectivity index (χ2n) is 1.50. The van der Waals surface area contributed by atoms with Crippen LogP contribution in [0.2, 0.25) is 0 Å². The molecule has 0 aliphatic heterocycles. The second kappa shape index (κ2) is 5.05. The average molecular weight is 295 g/mol. The van der Waals surface area contributed by atoms with E-state index in [4.69, 9.17) is 0 Å². The van der Waals surface area contributed by atoms with Crippen molar-refractivity contribution in [3.8, 4) is 0 Å². The van der Waals surface area contributed by atoms with Crippen LogP contribution in [0.1, 0.15) is 20.8 Å². The van der Waals surface area contributed by atoms with Crippen LogP contribution in [0.5, 0.6) is 0 Å². The van der Waals surface area contributed by atoms with E-state index in [1.54, 1.807) is 0 Å². The maximum Gasteiger partial charge on any atom is 2.00 e. The van der Waals surface area contributed by atoms with E-state index in [2.05, 4.69) is 20.8 Å². The third-order valence-electron chi connectivity index (χ3n) is 0. The predicted molar refractivity (Wildman–Crippen MR) is 20.3 cm³/mol. The van der Waals surface area contributed by atoms with Crippen LogP contribution in [0.3, 0.4) is 0 Å². The van der Waals surface area contributed by atoms with Crippen molar-refractivity contribution in [3.63, 3.8) is 0 Å². The number of hydrogen-bond donors (Lipinski definition) is 0. The Morgan fingerprint density at radius 1 is 1.00 bits per heavy atom. The summed E-state index contributed by atoms with van der Waals surface area (Å²) in [5, 5.41) is 0. The van der Waals surface area contributed by atoms with Gasteiger partial charge in [0, 0.05) is 0 Å². The SMILES string of the molecule is C[C-](C)C.[U+2]. The van der Waals surface area contributed by atoms with Gasteiger partial charge in [-0.3, -0.25) is 0 Å². The zero-order chi connectivity index (χ0) is 3.58. The molecular formula is C4H9U+. The van der Waals surface area contributed by atoms with Crippen molar-refractivity contribution in [2.75, 3.05) is 0 Å². The van der Waals surface area contributed by atoms with E-state index >= 15 is 0 Å². The molecule has 0 N–H and O–H groups in total. The molecule has 1 heteroatoms. The first-order valence-corrected chi connectivity index (χ1v) is 1.50. The summed E-state index contributed by atoms with van der Waals surface area (Å²) in [6.45, 7) is 6.25. The molecule has 0 unspecified atom stereocenters. The topological polar surface area (TPSA) is 0 Å². The van der Waals surface area contributed by atoms with Crippen molar-refractivity contribution in [1.82, 2.24) is 0 Å². The summed E-state index contributed by atoms with van der Waals surface area (Å²) in [4.78, 5) is 0. The molecule has 0 aromatic heterocycles. The predicted octanol–water partition coefficient (Wildman–Crippen LogP) is 1.62. The number of hydrogen-bond acceptors (Lipinski definition) is 0. The molecule has 0 nitrogen and oxygen atoms in total. The summed E-state index contributed by atoms with van der Waals surface area (Å²) < 4.78 is 0. The van der Waals surface area contributed by atoms with Gasteiger partial charge in [-0.05, 0) is 0 Å². The third-order valence-corrected chi connectivity index (χ3v) is 0. The van der Waals surface area contributed by atoms with Crippen molar-refractivity contribution in [2.24, 2.45) is 0 Å². The van der Waals surface area contributed by atoms with E-state index in [0.29, 0.717) is 0 Å². The van der Waals surface area contributed by atoms with E-state index in [-0.39, 0.29) is 31.1 Å². The summed E-state index contributed by atoms with van der Waals surface area (Å²) in [7, 11) is 0. The Hall–Kier alpha value is 1.05. The monoisotopic (exact) mass is 295 g/mol. The fourth-order valence-electron chi connectivity index (χ4n) is 0. The van der Waals surface area contributed by atoms with Crippen molar-refractivity contribution in [1.29, 1.82) is 0 Å². The first kappa shape index (κ1) is 9.41. The van der Waals surface area contributed by atoms with Crippen LogP contribution in [0.15, 0.2) is 0 Å². The van der Waals surface area contributed by atoms with Gasteiger partial charge in [0.25, 0.3) is 0 Å². The van der Waals surface area contributed by atoms with Crippen LogP contribution >= 0.6 is 0 Å². The molecule has 0 aliphatic rings. The summed E-state index contributed by atoms with van der Waals surface area (Å²) in [5.41, 5.74) is 0. The Morgan fingerprint density at radius 3 is 1.00 bits per heavy atom. The fraction of sp³-hybridized carbons (Fsp3) is 0.750. The van der Waals surface area contributed by atoms with E-state index < -0.39 is 0 Å². The van der Waals surface area contributed by atoms with Gasteiger partial charge in [0.05, 0.1) is 0 Å². The molecule has 0 atom stereocenters. The molecule has 0 aromatic rings. The summed E-state index contributed by atoms with van der Waals surface area (Å²) in [5.74, 6) is 1.42. The van der Waals surface area contributed by atoms with Crippen molar-refractivity contribution in [2.45, 2.75) is 20.8 Å². The van der Waals surface area contributed by atoms with Crippen LogP contribution in [-0.4, -0.2) is 0 Å². The van der Waals surface area contributed by atoms with Crippen LogP contribution in [-0.2, 0) is 0 Å². The van der Waals surface area contributed by atoms with Crippen LogP contribution in [0, 0.1) is 37.0 Å². The fourth-order valence-corrected chi connectivity index (χ4v) is 0. The Bertz CT molecular complexity index is 8.36. The summed E-state index contributed by atoms with van der Waals surface area (Å²) in [6.07, 6.45) is 0. The van der Waals surface area contributed by atoms with Gasteiger partial charge in [-0.15, -0.1) is 0 Å². The molecule has 28 valence electrons. The molecule has 0 amide bonds. The van der Waals surface area contributed by atoms with Crippen LogP contribution in [0.4, 0.5) is 0 Å². The normalized spacial score (nSPS) is 7.20. The van der Waals surface area contributed by atoms with Crippen molar-refractivity contribution >= 4 is 0 Å². The van der Waals surface area contributed by atoms with Gasteiger partial charge in [-0.2, -0.15) is 20.8 Å². The van der Waals surface area contributed by atoms with Crippen LogP contribution < -0.4 is 0 Å². The van der Waals surface area contributed by atoms with Crippen molar-refractivity contribution in [3.05, 3.63) is 5.92 Å². The third kappa shape index (κ3) is 42.5. The molecule has 0 rings (SSSR count). The maximum atomic E-state index is 2.08. The first-order chi connectivity index (χ1) is 1.73. The largest absolute Gasteiger partial charge is 2.00 e. The maximum absolute atomic E-state index is 2.08. The zero-order valence-corrected chi connectivity index (χ0v) is 8.16. The molecule has 5 heavy (non-hydrogen) atoms. The minimum Gasteiger partial charge on any atom is -0.323 e. The smallest absolute Gasteiger partial charge is 0.323 e. The summed E-state index contributed by atoms with van der Waals surface area (Å²) in [6, 6.07) is 0. The van der Waals surface area contributed by atoms with Gasteiger partial charge < -0.3 is 5.92 Å². The standard InChI is InChI=1S/C4H9.U/c1-4(2)3;/h1-3H3;/q-1;+2. The number of rotatable bonds is 0. The van der Waals surface area contributed by atoms with E-state index in [1.807, 2.05) is 0 Å². The minimum absolute atomic E-state index is 0. The average Bonchev–Trinajstić information content (AvgIpc) is 0.811. The summed E-state index contributed by atoms with van der Waals surface area (Å²) >= 11 is 0. The van der Waals surface area contributed by atoms with Gasteiger partial charge in [-0.25, -0.2) is 0 Å².